The standard InChI is InChI=1S/C19H25NO2S/c1-15-6-5-11-20(13-15)16(2)14-23(21,22)19-10-9-17-7-3-4-8-18(17)12-19/h3-4,7-10,12,15-16H,5-6,11,13-14H2,1-2H3/t15-,16-/m1/s1. The largest absolute Gasteiger partial charge is 0.299 e. The lowest BCUT2D eigenvalue weighted by molar-refractivity contribution is 0.149. The van der Waals surface area contributed by atoms with Gasteiger partial charge in [0, 0.05) is 12.6 Å². The van der Waals surface area contributed by atoms with Crippen molar-refractivity contribution >= 4 is 20.6 Å². The third kappa shape index (κ3) is 3.75. The number of nitrogens with zero attached hydrogens (tertiary/aromatic N) is 1. The maximum Gasteiger partial charge on any atom is 0.179 e. The zero-order chi connectivity index (χ0) is 16.4. The molecule has 0 aliphatic carbocycles. The highest BCUT2D eigenvalue weighted by molar-refractivity contribution is 7.91. The SMILES string of the molecule is C[C@@H]1CCCN([C@H](C)CS(=O)(=O)c2ccc3ccccc3c2)C1. The van der Waals surface area contributed by atoms with E-state index in [1.54, 1.807) is 12.1 Å². The van der Waals surface area contributed by atoms with E-state index in [1.807, 2.05) is 37.3 Å². The molecule has 0 aromatic heterocycles. The second-order valence-corrected chi connectivity index (χ2v) is 8.92. The molecule has 0 spiro atoms. The van der Waals surface area contributed by atoms with Crippen molar-refractivity contribution in [3.8, 4) is 0 Å². The first-order valence-electron chi connectivity index (χ1n) is 8.41. The topological polar surface area (TPSA) is 37.4 Å². The zero-order valence-electron chi connectivity index (χ0n) is 13.9. The van der Waals surface area contributed by atoms with Crippen molar-refractivity contribution in [2.24, 2.45) is 5.92 Å². The zero-order valence-corrected chi connectivity index (χ0v) is 14.7. The molecule has 0 N–H and O–H groups in total. The number of rotatable bonds is 4. The van der Waals surface area contributed by atoms with Crippen molar-refractivity contribution < 1.29 is 8.42 Å². The number of piperidine rings is 1. The van der Waals surface area contributed by atoms with Crippen molar-refractivity contribution in [2.45, 2.75) is 37.6 Å². The summed E-state index contributed by atoms with van der Waals surface area (Å²) in [6.45, 7) is 6.31. The van der Waals surface area contributed by atoms with Crippen LogP contribution in [0.3, 0.4) is 0 Å². The molecule has 0 amide bonds. The first-order valence-corrected chi connectivity index (χ1v) is 10.1. The van der Waals surface area contributed by atoms with Crippen molar-refractivity contribution in [1.29, 1.82) is 0 Å². The van der Waals surface area contributed by atoms with E-state index >= 15 is 0 Å². The Kier molecular flexibility index (Phi) is 4.74. The van der Waals surface area contributed by atoms with E-state index in [4.69, 9.17) is 0 Å². The maximum absolute atomic E-state index is 12.8. The van der Waals surface area contributed by atoms with Crippen LogP contribution >= 0.6 is 0 Å². The summed E-state index contributed by atoms with van der Waals surface area (Å²) in [6.07, 6.45) is 2.42. The first-order chi connectivity index (χ1) is 11.0. The number of hydrogen-bond acceptors (Lipinski definition) is 3. The number of likely N-dealkylation sites (tertiary alicyclic amines) is 1. The normalized spacial score (nSPS) is 21.4. The molecule has 2 aromatic rings. The minimum atomic E-state index is -3.26. The summed E-state index contributed by atoms with van der Waals surface area (Å²) in [6, 6.07) is 13.4. The fraction of sp³-hybridized carbons (Fsp3) is 0.474. The second kappa shape index (κ2) is 6.62. The highest BCUT2D eigenvalue weighted by Crippen LogP contribution is 2.23. The summed E-state index contributed by atoms with van der Waals surface area (Å²) in [5.74, 6) is 0.854. The number of hydrogen-bond donors (Lipinski definition) is 0. The van der Waals surface area contributed by atoms with Crippen LogP contribution in [-0.2, 0) is 9.84 Å². The third-order valence-electron chi connectivity index (χ3n) is 4.85. The fourth-order valence-electron chi connectivity index (χ4n) is 3.51. The molecule has 2 aromatic carbocycles. The Bertz CT molecular complexity index is 785. The molecule has 4 heteroatoms. The molecular weight excluding hydrogens is 306 g/mol. The third-order valence-corrected chi connectivity index (χ3v) is 6.75. The molecule has 124 valence electrons. The maximum atomic E-state index is 12.8. The van der Waals surface area contributed by atoms with Crippen LogP contribution in [-0.4, -0.2) is 38.2 Å². The van der Waals surface area contributed by atoms with Crippen LogP contribution < -0.4 is 0 Å². The molecule has 1 heterocycles. The number of sulfone groups is 1. The van der Waals surface area contributed by atoms with Crippen LogP contribution in [0.25, 0.3) is 10.8 Å². The van der Waals surface area contributed by atoms with Gasteiger partial charge in [-0.05, 0) is 55.1 Å². The summed E-state index contributed by atoms with van der Waals surface area (Å²) < 4.78 is 25.6. The molecule has 3 rings (SSSR count). The van der Waals surface area contributed by atoms with Gasteiger partial charge in [-0.15, -0.1) is 0 Å². The van der Waals surface area contributed by atoms with Crippen LogP contribution in [0.15, 0.2) is 47.4 Å². The monoisotopic (exact) mass is 331 g/mol. The quantitative estimate of drug-likeness (QED) is 0.856. The highest BCUT2D eigenvalue weighted by Gasteiger charge is 2.26. The Morgan fingerprint density at radius 1 is 1.17 bits per heavy atom. The Hall–Kier alpha value is -1.39. The van der Waals surface area contributed by atoms with Gasteiger partial charge >= 0.3 is 0 Å². The van der Waals surface area contributed by atoms with E-state index in [-0.39, 0.29) is 11.8 Å². The minimum absolute atomic E-state index is 0.0641. The number of benzene rings is 2. The smallest absolute Gasteiger partial charge is 0.179 e. The molecule has 1 aliphatic heterocycles. The average Bonchev–Trinajstić information content (AvgIpc) is 2.54. The molecule has 3 nitrogen and oxygen atoms in total. The molecular formula is C19H25NO2S. The summed E-state index contributed by atoms with van der Waals surface area (Å²) in [5.41, 5.74) is 0. The number of fused-ring (bicyclic) bond motifs is 1. The van der Waals surface area contributed by atoms with Gasteiger partial charge in [0.05, 0.1) is 10.6 Å². The van der Waals surface area contributed by atoms with Crippen LogP contribution in [0, 0.1) is 5.92 Å². The first kappa shape index (κ1) is 16.5. The Morgan fingerprint density at radius 2 is 1.91 bits per heavy atom. The van der Waals surface area contributed by atoms with E-state index in [9.17, 15) is 8.42 Å². The molecule has 0 radical (unpaired) electrons. The molecule has 0 unspecified atom stereocenters. The molecule has 2 atom stereocenters. The van der Waals surface area contributed by atoms with Crippen LogP contribution in [0.1, 0.15) is 26.7 Å². The van der Waals surface area contributed by atoms with Gasteiger partial charge in [0.15, 0.2) is 9.84 Å². The van der Waals surface area contributed by atoms with Crippen LogP contribution in [0.4, 0.5) is 0 Å². The van der Waals surface area contributed by atoms with Crippen molar-refractivity contribution in [3.05, 3.63) is 42.5 Å². The van der Waals surface area contributed by atoms with Gasteiger partial charge in [-0.2, -0.15) is 0 Å². The van der Waals surface area contributed by atoms with Gasteiger partial charge in [-0.1, -0.05) is 37.3 Å². The summed E-state index contributed by atoms with van der Waals surface area (Å²) in [5, 5.41) is 2.05. The molecule has 1 fully saturated rings. The van der Waals surface area contributed by atoms with E-state index in [0.29, 0.717) is 10.8 Å². The van der Waals surface area contributed by atoms with Gasteiger partial charge in [0.1, 0.15) is 0 Å². The predicted molar refractivity (Wildman–Crippen MR) is 95.4 cm³/mol. The highest BCUT2D eigenvalue weighted by atomic mass is 32.2. The van der Waals surface area contributed by atoms with Crippen LogP contribution in [0.2, 0.25) is 0 Å². The van der Waals surface area contributed by atoms with E-state index < -0.39 is 9.84 Å². The second-order valence-electron chi connectivity index (χ2n) is 6.88. The van der Waals surface area contributed by atoms with Crippen molar-refractivity contribution in [3.63, 3.8) is 0 Å². The molecule has 0 saturated carbocycles. The fourth-order valence-corrected chi connectivity index (χ4v) is 5.13. The lowest BCUT2D eigenvalue weighted by Gasteiger charge is -2.35. The Morgan fingerprint density at radius 3 is 2.65 bits per heavy atom. The Balaban J connectivity index is 1.79. The molecule has 1 saturated heterocycles. The summed E-state index contributed by atoms with van der Waals surface area (Å²) >= 11 is 0. The van der Waals surface area contributed by atoms with Gasteiger partial charge in [-0.25, -0.2) is 8.42 Å². The van der Waals surface area contributed by atoms with Crippen LogP contribution in [0.5, 0.6) is 0 Å². The van der Waals surface area contributed by atoms with Gasteiger partial charge in [0.2, 0.25) is 0 Å². The molecule has 23 heavy (non-hydrogen) atoms. The van der Waals surface area contributed by atoms with Crippen molar-refractivity contribution in [1.82, 2.24) is 4.90 Å². The average molecular weight is 331 g/mol. The van der Waals surface area contributed by atoms with Crippen molar-refractivity contribution in [2.75, 3.05) is 18.8 Å². The van der Waals surface area contributed by atoms with E-state index in [2.05, 4.69) is 11.8 Å². The van der Waals surface area contributed by atoms with Gasteiger partial charge < -0.3 is 0 Å². The minimum Gasteiger partial charge on any atom is -0.299 e. The predicted octanol–water partition coefficient (Wildman–Crippen LogP) is 3.73. The Labute approximate surface area is 139 Å². The van der Waals surface area contributed by atoms with E-state index in [1.165, 1.54) is 12.8 Å². The van der Waals surface area contributed by atoms with E-state index in [0.717, 1.165) is 23.9 Å². The lowest BCUT2D eigenvalue weighted by Crippen LogP contribution is -2.43. The summed E-state index contributed by atoms with van der Waals surface area (Å²) in [7, 11) is -3.26. The molecule has 1 aliphatic rings. The summed E-state index contributed by atoms with van der Waals surface area (Å²) in [4.78, 5) is 2.76. The van der Waals surface area contributed by atoms with Gasteiger partial charge in [0.25, 0.3) is 0 Å². The lowest BCUT2D eigenvalue weighted by atomic mass is 9.99. The molecule has 0 bridgehead atoms. The van der Waals surface area contributed by atoms with Gasteiger partial charge in [-0.3, -0.25) is 4.90 Å².